The maximum absolute atomic E-state index is 12.1. The summed E-state index contributed by atoms with van der Waals surface area (Å²) < 4.78 is 5.82. The predicted octanol–water partition coefficient (Wildman–Crippen LogP) is 4.61. The number of para-hydroxylation sites is 2. The second kappa shape index (κ2) is 8.69. The zero-order valence-electron chi connectivity index (χ0n) is 14.6. The molecule has 0 saturated heterocycles. The summed E-state index contributed by atoms with van der Waals surface area (Å²) in [5, 5.41) is 17.8. The first-order valence-electron chi connectivity index (χ1n) is 8.97. The van der Waals surface area contributed by atoms with Crippen molar-refractivity contribution in [1.82, 2.24) is 5.23 Å². The average Bonchev–Trinajstić information content (AvgIpc) is 3.02. The molecular weight excluding hydrogens is 332 g/mol. The normalized spacial score (nSPS) is 15.5. The second-order valence-corrected chi connectivity index (χ2v) is 6.42. The number of nitrogens with zero attached hydrogens (tertiary/aromatic N) is 2. The molecule has 0 aliphatic carbocycles. The molecule has 2 aromatic carbocycles. The summed E-state index contributed by atoms with van der Waals surface area (Å²) >= 11 is 0. The number of urea groups is 1. The number of hydrogen-bond acceptors (Lipinski definition) is 4. The second-order valence-electron chi connectivity index (χ2n) is 6.42. The van der Waals surface area contributed by atoms with E-state index in [4.69, 9.17) is 15.2 Å². The molecular formula is C20H24N2O4. The van der Waals surface area contributed by atoms with Crippen molar-refractivity contribution in [3.05, 3.63) is 60.2 Å². The Morgan fingerprint density at radius 1 is 0.962 bits per heavy atom. The van der Waals surface area contributed by atoms with E-state index in [1.165, 1.54) is 10.5 Å². The SMILES string of the molecule is O=C(N(O)O)N1c2ccccc2OC1CCCCCCc1ccccc1. The van der Waals surface area contributed by atoms with Crippen LogP contribution in [0.4, 0.5) is 10.5 Å². The number of benzene rings is 2. The smallest absolute Gasteiger partial charge is 0.376 e. The van der Waals surface area contributed by atoms with E-state index in [1.807, 2.05) is 12.1 Å². The molecule has 1 aliphatic heterocycles. The first kappa shape index (κ1) is 18.2. The number of amides is 2. The van der Waals surface area contributed by atoms with E-state index in [1.54, 1.807) is 18.2 Å². The third kappa shape index (κ3) is 4.33. The third-order valence-electron chi connectivity index (χ3n) is 4.56. The van der Waals surface area contributed by atoms with Gasteiger partial charge in [-0.2, -0.15) is 0 Å². The van der Waals surface area contributed by atoms with E-state index in [9.17, 15) is 4.79 Å². The van der Waals surface area contributed by atoms with Gasteiger partial charge in [-0.1, -0.05) is 60.5 Å². The number of unbranched alkanes of at least 4 members (excludes halogenated alkanes) is 3. The highest BCUT2D eigenvalue weighted by Gasteiger charge is 2.37. The fourth-order valence-electron chi connectivity index (χ4n) is 3.27. The Morgan fingerprint density at radius 2 is 1.65 bits per heavy atom. The van der Waals surface area contributed by atoms with Crippen molar-refractivity contribution >= 4 is 11.7 Å². The van der Waals surface area contributed by atoms with Crippen LogP contribution in [0.1, 0.15) is 37.7 Å². The molecule has 1 aliphatic rings. The zero-order chi connectivity index (χ0) is 18.4. The maximum atomic E-state index is 12.1. The van der Waals surface area contributed by atoms with E-state index in [0.717, 1.165) is 32.1 Å². The predicted molar refractivity (Wildman–Crippen MR) is 97.4 cm³/mol. The van der Waals surface area contributed by atoms with Crippen molar-refractivity contribution < 1.29 is 19.9 Å². The molecule has 0 radical (unpaired) electrons. The summed E-state index contributed by atoms with van der Waals surface area (Å²) in [5.74, 6) is 0.580. The third-order valence-corrected chi connectivity index (χ3v) is 4.56. The van der Waals surface area contributed by atoms with E-state index < -0.39 is 17.5 Å². The number of carbonyl (C=O) groups is 1. The van der Waals surface area contributed by atoms with Gasteiger partial charge >= 0.3 is 6.03 Å². The highest BCUT2D eigenvalue weighted by Crippen LogP contribution is 2.38. The van der Waals surface area contributed by atoms with E-state index in [0.29, 0.717) is 17.9 Å². The highest BCUT2D eigenvalue weighted by atomic mass is 16.8. The molecule has 2 aromatic rings. The number of hydrogen-bond donors (Lipinski definition) is 2. The molecule has 1 heterocycles. The van der Waals surface area contributed by atoms with E-state index in [2.05, 4.69) is 24.3 Å². The van der Waals surface area contributed by atoms with Crippen LogP contribution < -0.4 is 9.64 Å². The highest BCUT2D eigenvalue weighted by molar-refractivity contribution is 5.94. The van der Waals surface area contributed by atoms with Gasteiger partial charge in [-0.3, -0.25) is 10.4 Å². The summed E-state index contributed by atoms with van der Waals surface area (Å²) in [5.41, 5.74) is 1.91. The van der Waals surface area contributed by atoms with E-state index in [-0.39, 0.29) is 0 Å². The van der Waals surface area contributed by atoms with Crippen molar-refractivity contribution in [2.45, 2.75) is 44.8 Å². The molecule has 1 atom stereocenters. The maximum Gasteiger partial charge on any atom is 0.376 e. The van der Waals surface area contributed by atoms with Crippen LogP contribution in [0.5, 0.6) is 5.75 Å². The van der Waals surface area contributed by atoms with Crippen molar-refractivity contribution in [3.8, 4) is 5.75 Å². The lowest BCUT2D eigenvalue weighted by Crippen LogP contribution is -2.45. The minimum atomic E-state index is -0.913. The Labute approximate surface area is 153 Å². The lowest BCUT2D eigenvalue weighted by atomic mass is 10.1. The van der Waals surface area contributed by atoms with Gasteiger partial charge in [-0.05, 0) is 37.0 Å². The molecule has 3 rings (SSSR count). The van der Waals surface area contributed by atoms with Crippen LogP contribution in [-0.2, 0) is 6.42 Å². The Bertz CT molecular complexity index is 721. The molecule has 26 heavy (non-hydrogen) atoms. The van der Waals surface area contributed by atoms with Gasteiger partial charge in [0.15, 0.2) is 6.23 Å². The molecule has 0 aromatic heterocycles. The van der Waals surface area contributed by atoms with Crippen LogP contribution in [-0.4, -0.2) is 27.9 Å². The summed E-state index contributed by atoms with van der Waals surface area (Å²) in [6.45, 7) is 0. The first-order chi connectivity index (χ1) is 12.7. The first-order valence-corrected chi connectivity index (χ1v) is 8.97. The van der Waals surface area contributed by atoms with Gasteiger partial charge in [0.2, 0.25) is 0 Å². The molecule has 0 spiro atoms. The number of rotatable bonds is 7. The molecule has 1 unspecified atom stereocenters. The lowest BCUT2D eigenvalue weighted by Gasteiger charge is -2.24. The van der Waals surface area contributed by atoms with Gasteiger partial charge in [0, 0.05) is 6.42 Å². The van der Waals surface area contributed by atoms with Gasteiger partial charge in [-0.25, -0.2) is 9.69 Å². The Balaban J connectivity index is 1.47. The van der Waals surface area contributed by atoms with E-state index >= 15 is 0 Å². The topological polar surface area (TPSA) is 73.2 Å². The number of ether oxygens (including phenoxy) is 1. The lowest BCUT2D eigenvalue weighted by molar-refractivity contribution is -0.257. The summed E-state index contributed by atoms with van der Waals surface area (Å²) in [6.07, 6.45) is 5.35. The largest absolute Gasteiger partial charge is 0.468 e. The number of aryl methyl sites for hydroxylation is 1. The van der Waals surface area contributed by atoms with Crippen LogP contribution in [0.15, 0.2) is 54.6 Å². The van der Waals surface area contributed by atoms with Crippen LogP contribution in [0.25, 0.3) is 0 Å². The zero-order valence-corrected chi connectivity index (χ0v) is 14.6. The molecule has 2 amide bonds. The number of fused-ring (bicyclic) bond motifs is 1. The summed E-state index contributed by atoms with van der Waals surface area (Å²) in [4.78, 5) is 13.4. The fraction of sp³-hybridized carbons (Fsp3) is 0.350. The Hall–Kier alpha value is -2.57. The Morgan fingerprint density at radius 3 is 2.42 bits per heavy atom. The molecule has 138 valence electrons. The molecule has 0 fully saturated rings. The van der Waals surface area contributed by atoms with Gasteiger partial charge in [-0.15, -0.1) is 0 Å². The number of anilines is 1. The van der Waals surface area contributed by atoms with Crippen LogP contribution >= 0.6 is 0 Å². The summed E-state index contributed by atoms with van der Waals surface area (Å²) in [7, 11) is 0. The standard InChI is InChI=1S/C20H24N2O4/c23-20(22(24)25)21-17-13-8-9-14-18(17)26-19(21)15-7-2-1-4-10-16-11-5-3-6-12-16/h3,5-6,8-9,11-14,19,24-25H,1-2,4,7,10,15H2. The number of hydroxylamine groups is 2. The monoisotopic (exact) mass is 356 g/mol. The minimum absolute atomic E-state index is 0.391. The van der Waals surface area contributed by atoms with Gasteiger partial charge in [0.1, 0.15) is 5.75 Å². The molecule has 6 nitrogen and oxygen atoms in total. The van der Waals surface area contributed by atoms with Crippen LogP contribution in [0, 0.1) is 0 Å². The Kier molecular flexibility index (Phi) is 6.09. The van der Waals surface area contributed by atoms with Gasteiger partial charge in [0.05, 0.1) is 5.69 Å². The van der Waals surface area contributed by atoms with Crippen molar-refractivity contribution in [2.75, 3.05) is 4.90 Å². The molecule has 0 saturated carbocycles. The molecule has 0 bridgehead atoms. The fourth-order valence-corrected chi connectivity index (χ4v) is 3.27. The molecule has 6 heteroatoms. The van der Waals surface area contributed by atoms with Crippen molar-refractivity contribution in [3.63, 3.8) is 0 Å². The number of carbonyl (C=O) groups excluding carboxylic acids is 1. The average molecular weight is 356 g/mol. The van der Waals surface area contributed by atoms with Crippen LogP contribution in [0.2, 0.25) is 0 Å². The van der Waals surface area contributed by atoms with Crippen molar-refractivity contribution in [1.29, 1.82) is 0 Å². The van der Waals surface area contributed by atoms with Crippen LogP contribution in [0.3, 0.4) is 0 Å². The van der Waals surface area contributed by atoms with Gasteiger partial charge in [0.25, 0.3) is 0 Å². The summed E-state index contributed by atoms with van der Waals surface area (Å²) in [6, 6.07) is 16.6. The van der Waals surface area contributed by atoms with Gasteiger partial charge < -0.3 is 4.74 Å². The molecule has 2 N–H and O–H groups in total. The van der Waals surface area contributed by atoms with Crippen molar-refractivity contribution in [2.24, 2.45) is 0 Å². The quantitative estimate of drug-likeness (QED) is 0.432. The minimum Gasteiger partial charge on any atom is -0.468 e.